The van der Waals surface area contributed by atoms with Crippen molar-refractivity contribution >= 4 is 52.6 Å². The van der Waals surface area contributed by atoms with Crippen LogP contribution in [0.4, 0.5) is 5.69 Å². The number of nitrogens with zero attached hydrogens (tertiary/aromatic N) is 1. The minimum absolute atomic E-state index is 0.157. The fraction of sp³-hybridized carbons (Fsp3) is 0.208. The average molecular weight is 468 g/mol. The van der Waals surface area contributed by atoms with Crippen LogP contribution in [0.2, 0.25) is 0 Å². The standard InChI is InChI=1S/C24H21NO5S2/c1-3-29-22(27)19-20(23(28)30-4-2)32-24(31-19)18-16-12-8-9-13-17(16)25(21(18)26)14-15-10-6-5-7-11-15/h5-13H,3-4,14H2,1-2H3. The van der Waals surface area contributed by atoms with E-state index in [0.29, 0.717) is 16.4 Å². The van der Waals surface area contributed by atoms with E-state index in [2.05, 4.69) is 0 Å². The van der Waals surface area contributed by atoms with Gasteiger partial charge in [-0.2, -0.15) is 0 Å². The zero-order chi connectivity index (χ0) is 22.7. The molecule has 0 spiro atoms. The Morgan fingerprint density at radius 1 is 0.844 bits per heavy atom. The molecule has 0 bridgehead atoms. The highest BCUT2D eigenvalue weighted by atomic mass is 32.2. The second-order valence-corrected chi connectivity index (χ2v) is 9.16. The van der Waals surface area contributed by atoms with E-state index >= 15 is 0 Å². The third kappa shape index (κ3) is 4.20. The van der Waals surface area contributed by atoms with Gasteiger partial charge in [-0.25, -0.2) is 9.59 Å². The summed E-state index contributed by atoms with van der Waals surface area (Å²) < 4.78 is 10.8. The van der Waals surface area contributed by atoms with E-state index in [0.717, 1.165) is 40.3 Å². The van der Waals surface area contributed by atoms with Crippen molar-refractivity contribution in [1.29, 1.82) is 0 Å². The fourth-order valence-corrected chi connectivity index (χ4v) is 5.99. The molecule has 2 aromatic carbocycles. The SMILES string of the molecule is CCOC(=O)C1=C(C(=O)OCC)SC(=C2C(=O)N(Cc3ccccc3)c3ccccc32)S1. The number of thioether (sulfide) groups is 2. The van der Waals surface area contributed by atoms with E-state index in [1.165, 1.54) is 0 Å². The predicted octanol–water partition coefficient (Wildman–Crippen LogP) is 4.72. The Labute approximate surface area is 194 Å². The highest BCUT2D eigenvalue weighted by Gasteiger charge is 2.40. The number of carbonyl (C=O) groups excluding carboxylic acids is 3. The lowest BCUT2D eigenvalue weighted by molar-refractivity contribution is -0.140. The second kappa shape index (κ2) is 9.67. The van der Waals surface area contributed by atoms with Crippen LogP contribution in [-0.4, -0.2) is 31.1 Å². The summed E-state index contributed by atoms with van der Waals surface area (Å²) in [4.78, 5) is 40.6. The minimum atomic E-state index is -0.594. The van der Waals surface area contributed by atoms with E-state index in [-0.39, 0.29) is 28.9 Å². The second-order valence-electron chi connectivity index (χ2n) is 6.86. The van der Waals surface area contributed by atoms with Gasteiger partial charge in [-0.05, 0) is 25.5 Å². The Bertz CT molecular complexity index is 1110. The first-order valence-corrected chi connectivity index (χ1v) is 11.8. The molecule has 0 fully saturated rings. The molecule has 2 heterocycles. The number of hydrogen-bond donors (Lipinski definition) is 0. The molecule has 0 saturated carbocycles. The highest BCUT2D eigenvalue weighted by Crippen LogP contribution is 2.55. The van der Waals surface area contributed by atoms with Gasteiger partial charge in [0.2, 0.25) is 0 Å². The maximum atomic E-state index is 13.5. The first kappa shape index (κ1) is 22.2. The van der Waals surface area contributed by atoms with Gasteiger partial charge in [0.15, 0.2) is 0 Å². The van der Waals surface area contributed by atoms with Crippen LogP contribution >= 0.6 is 23.5 Å². The number of benzene rings is 2. The van der Waals surface area contributed by atoms with E-state index < -0.39 is 11.9 Å². The van der Waals surface area contributed by atoms with E-state index in [1.54, 1.807) is 18.7 Å². The lowest BCUT2D eigenvalue weighted by Gasteiger charge is -2.17. The summed E-state index contributed by atoms with van der Waals surface area (Å²) in [6, 6.07) is 17.3. The summed E-state index contributed by atoms with van der Waals surface area (Å²) in [5, 5.41) is 0. The van der Waals surface area contributed by atoms with Gasteiger partial charge in [-0.15, -0.1) is 0 Å². The Hall–Kier alpha value is -2.97. The topological polar surface area (TPSA) is 72.9 Å². The molecule has 6 nitrogen and oxygen atoms in total. The largest absolute Gasteiger partial charge is 0.462 e. The number of amides is 1. The number of ether oxygens (including phenoxy) is 2. The van der Waals surface area contributed by atoms with Crippen LogP contribution in [-0.2, 0) is 30.4 Å². The quantitative estimate of drug-likeness (QED) is 0.450. The smallest absolute Gasteiger partial charge is 0.346 e. The highest BCUT2D eigenvalue weighted by molar-refractivity contribution is 8.29. The van der Waals surface area contributed by atoms with E-state index in [4.69, 9.17) is 9.47 Å². The van der Waals surface area contributed by atoms with Crippen LogP contribution in [0, 0.1) is 0 Å². The molecule has 8 heteroatoms. The molecule has 0 aromatic heterocycles. The van der Waals surface area contributed by atoms with Crippen molar-refractivity contribution in [3.63, 3.8) is 0 Å². The predicted molar refractivity (Wildman–Crippen MR) is 126 cm³/mol. The Morgan fingerprint density at radius 3 is 2.00 bits per heavy atom. The fourth-order valence-electron chi connectivity index (χ4n) is 3.46. The molecule has 0 radical (unpaired) electrons. The van der Waals surface area contributed by atoms with Crippen LogP contribution in [0.5, 0.6) is 0 Å². The summed E-state index contributed by atoms with van der Waals surface area (Å²) in [6.07, 6.45) is 0. The molecule has 32 heavy (non-hydrogen) atoms. The average Bonchev–Trinajstić information content (AvgIpc) is 3.35. The van der Waals surface area contributed by atoms with Crippen LogP contribution in [0.3, 0.4) is 0 Å². The maximum absolute atomic E-state index is 13.5. The number of fused-ring (bicyclic) bond motifs is 1. The number of rotatable bonds is 6. The maximum Gasteiger partial charge on any atom is 0.346 e. The lowest BCUT2D eigenvalue weighted by Crippen LogP contribution is -2.25. The lowest BCUT2D eigenvalue weighted by atomic mass is 10.1. The van der Waals surface area contributed by atoms with Gasteiger partial charge < -0.3 is 14.4 Å². The third-order valence-electron chi connectivity index (χ3n) is 4.83. The van der Waals surface area contributed by atoms with Crippen LogP contribution < -0.4 is 4.90 Å². The number of carbonyl (C=O) groups is 3. The molecule has 4 rings (SSSR count). The normalized spacial score (nSPS) is 15.3. The molecule has 164 valence electrons. The van der Waals surface area contributed by atoms with Gasteiger partial charge >= 0.3 is 11.9 Å². The van der Waals surface area contributed by atoms with E-state index in [9.17, 15) is 14.4 Å². The summed E-state index contributed by atoms with van der Waals surface area (Å²) in [7, 11) is 0. The number of para-hydroxylation sites is 1. The zero-order valence-corrected chi connectivity index (χ0v) is 19.3. The van der Waals surface area contributed by atoms with Crippen LogP contribution in [0.25, 0.3) is 5.57 Å². The number of hydrogen-bond acceptors (Lipinski definition) is 7. The number of esters is 2. The molecule has 0 saturated heterocycles. The van der Waals surface area contributed by atoms with Gasteiger partial charge in [0.25, 0.3) is 5.91 Å². The van der Waals surface area contributed by atoms with Gasteiger partial charge in [0.05, 0.1) is 35.3 Å². The van der Waals surface area contributed by atoms with Crippen molar-refractivity contribution in [2.45, 2.75) is 20.4 Å². The first-order chi connectivity index (χ1) is 15.5. The Kier molecular flexibility index (Phi) is 6.72. The molecule has 2 aromatic rings. The van der Waals surface area contributed by atoms with Gasteiger partial charge in [0.1, 0.15) is 9.81 Å². The van der Waals surface area contributed by atoms with Gasteiger partial charge in [-0.1, -0.05) is 72.1 Å². The van der Waals surface area contributed by atoms with Crippen molar-refractivity contribution < 1.29 is 23.9 Å². The van der Waals surface area contributed by atoms with Crippen LogP contribution in [0.15, 0.2) is 68.6 Å². The molecule has 2 aliphatic rings. The summed E-state index contributed by atoms with van der Waals surface area (Å²) >= 11 is 2.19. The van der Waals surface area contributed by atoms with Crippen LogP contribution in [0.1, 0.15) is 25.0 Å². The van der Waals surface area contributed by atoms with Gasteiger partial charge in [0, 0.05) is 5.56 Å². The Balaban J connectivity index is 1.74. The molecule has 0 aliphatic carbocycles. The summed E-state index contributed by atoms with van der Waals surface area (Å²) in [5.41, 5.74) is 3.06. The van der Waals surface area contributed by atoms with E-state index in [1.807, 2.05) is 54.6 Å². The van der Waals surface area contributed by atoms with Crippen molar-refractivity contribution in [3.05, 3.63) is 79.8 Å². The Morgan fingerprint density at radius 2 is 1.41 bits per heavy atom. The molecular weight excluding hydrogens is 446 g/mol. The monoisotopic (exact) mass is 467 g/mol. The molecule has 0 N–H and O–H groups in total. The zero-order valence-electron chi connectivity index (χ0n) is 17.6. The summed E-state index contributed by atoms with van der Waals surface area (Å²) in [6.45, 7) is 4.19. The third-order valence-corrected chi connectivity index (χ3v) is 7.39. The number of anilines is 1. The van der Waals surface area contributed by atoms with Crippen molar-refractivity contribution in [1.82, 2.24) is 0 Å². The minimum Gasteiger partial charge on any atom is -0.462 e. The molecule has 1 amide bonds. The molecule has 0 atom stereocenters. The van der Waals surface area contributed by atoms with Crippen molar-refractivity contribution in [3.8, 4) is 0 Å². The molecule has 2 aliphatic heterocycles. The van der Waals surface area contributed by atoms with Crippen molar-refractivity contribution in [2.75, 3.05) is 18.1 Å². The van der Waals surface area contributed by atoms with Crippen molar-refractivity contribution in [2.24, 2.45) is 0 Å². The molecule has 0 unspecified atom stereocenters. The van der Waals surface area contributed by atoms with Gasteiger partial charge in [-0.3, -0.25) is 4.79 Å². The molecular formula is C24H21NO5S2. The first-order valence-electron chi connectivity index (χ1n) is 10.2. The summed E-state index contributed by atoms with van der Waals surface area (Å²) in [5.74, 6) is -1.36.